The van der Waals surface area contributed by atoms with Crippen molar-refractivity contribution in [2.45, 2.75) is 41.0 Å². The molecule has 2 aromatic rings. The summed E-state index contributed by atoms with van der Waals surface area (Å²) < 4.78 is 17.0. The zero-order chi connectivity index (χ0) is 19.8. The van der Waals surface area contributed by atoms with Gasteiger partial charge >= 0.3 is 0 Å². The molecule has 0 aliphatic carbocycles. The number of amides is 1. The number of nitrogens with one attached hydrogen (secondary N) is 1. The minimum Gasteiger partial charge on any atom is -0.490 e. The summed E-state index contributed by atoms with van der Waals surface area (Å²) in [5, 5.41) is 12.3. The van der Waals surface area contributed by atoms with Gasteiger partial charge in [0, 0.05) is 12.0 Å². The number of carbonyl (C=O) groups excluding carboxylic acids is 1. The van der Waals surface area contributed by atoms with Gasteiger partial charge in [0.15, 0.2) is 11.5 Å². The van der Waals surface area contributed by atoms with E-state index in [0.717, 1.165) is 11.4 Å². The zero-order valence-electron chi connectivity index (χ0n) is 16.5. The lowest BCUT2D eigenvalue weighted by Crippen LogP contribution is -2.13. The Morgan fingerprint density at radius 2 is 1.63 bits per heavy atom. The Labute approximate surface area is 164 Å². The van der Waals surface area contributed by atoms with Crippen LogP contribution in [-0.2, 0) is 6.42 Å². The molecule has 0 spiro atoms. The smallest absolute Gasteiger partial charge is 0.257 e. The second-order valence-electron chi connectivity index (χ2n) is 6.15. The van der Waals surface area contributed by atoms with Crippen LogP contribution in [0.1, 0.15) is 50.0 Å². The van der Waals surface area contributed by atoms with Crippen molar-refractivity contribution < 1.29 is 19.0 Å². The molecule has 0 bridgehead atoms. The maximum atomic E-state index is 12.7. The summed E-state index contributed by atoms with van der Waals surface area (Å²) in [6.07, 6.45) is 0.833. The van der Waals surface area contributed by atoms with Gasteiger partial charge in [-0.15, -0.1) is 10.2 Å². The van der Waals surface area contributed by atoms with Gasteiger partial charge in [0.25, 0.3) is 5.91 Å². The van der Waals surface area contributed by atoms with Crippen LogP contribution >= 0.6 is 11.3 Å². The molecule has 1 N–H and O–H groups in total. The molecule has 1 amide bonds. The van der Waals surface area contributed by atoms with Crippen molar-refractivity contribution in [2.75, 3.05) is 25.1 Å². The number of anilines is 1. The van der Waals surface area contributed by atoms with E-state index in [4.69, 9.17) is 14.2 Å². The van der Waals surface area contributed by atoms with Gasteiger partial charge in [-0.05, 0) is 38.8 Å². The highest BCUT2D eigenvalue weighted by Gasteiger charge is 2.19. The van der Waals surface area contributed by atoms with Crippen molar-refractivity contribution in [3.63, 3.8) is 0 Å². The second-order valence-corrected chi connectivity index (χ2v) is 7.22. The monoisotopic (exact) mass is 393 g/mol. The molecule has 0 fully saturated rings. The highest BCUT2D eigenvalue weighted by Crippen LogP contribution is 2.39. The number of benzene rings is 1. The van der Waals surface area contributed by atoms with Crippen LogP contribution in [0.5, 0.6) is 17.2 Å². The fourth-order valence-electron chi connectivity index (χ4n) is 2.42. The van der Waals surface area contributed by atoms with E-state index in [-0.39, 0.29) is 5.91 Å². The minimum absolute atomic E-state index is 0.299. The third-order valence-electron chi connectivity index (χ3n) is 3.44. The van der Waals surface area contributed by atoms with Crippen molar-refractivity contribution in [3.05, 3.63) is 22.7 Å². The molecule has 0 aliphatic rings. The van der Waals surface area contributed by atoms with Crippen molar-refractivity contribution in [2.24, 2.45) is 5.92 Å². The third kappa shape index (κ3) is 5.82. The first kappa shape index (κ1) is 21.0. The molecule has 0 saturated carbocycles. The van der Waals surface area contributed by atoms with E-state index in [2.05, 4.69) is 29.4 Å². The standard InChI is InChI=1S/C19H27N3O4S/c1-6-24-14-10-13(11-15(25-7-2)17(14)26-8-3)18(23)20-19-22-21-16(27-19)9-12(4)5/h10-12H,6-9H2,1-5H3,(H,20,22,23). The van der Waals surface area contributed by atoms with Gasteiger partial charge in [-0.25, -0.2) is 0 Å². The SMILES string of the molecule is CCOc1cc(C(=O)Nc2nnc(CC(C)C)s2)cc(OCC)c1OCC. The molecule has 2 rings (SSSR count). The lowest BCUT2D eigenvalue weighted by Gasteiger charge is -2.16. The maximum Gasteiger partial charge on any atom is 0.257 e. The van der Waals surface area contributed by atoms with Crippen molar-refractivity contribution in [1.82, 2.24) is 10.2 Å². The Bertz CT molecular complexity index is 734. The molecular weight excluding hydrogens is 366 g/mol. The Balaban J connectivity index is 2.27. The van der Waals surface area contributed by atoms with Gasteiger partial charge in [0.2, 0.25) is 10.9 Å². The summed E-state index contributed by atoms with van der Waals surface area (Å²) >= 11 is 1.38. The summed E-state index contributed by atoms with van der Waals surface area (Å²) in [5.74, 6) is 1.65. The molecule has 1 aromatic carbocycles. The second kappa shape index (κ2) is 10.1. The van der Waals surface area contributed by atoms with Gasteiger partial charge in [-0.3, -0.25) is 10.1 Å². The normalized spacial score (nSPS) is 10.7. The fraction of sp³-hybridized carbons (Fsp3) is 0.526. The molecule has 0 unspecified atom stereocenters. The van der Waals surface area contributed by atoms with E-state index in [1.54, 1.807) is 12.1 Å². The van der Waals surface area contributed by atoms with Crippen LogP contribution in [0.4, 0.5) is 5.13 Å². The maximum absolute atomic E-state index is 12.7. The zero-order valence-corrected chi connectivity index (χ0v) is 17.3. The van der Waals surface area contributed by atoms with Crippen molar-refractivity contribution in [3.8, 4) is 17.2 Å². The van der Waals surface area contributed by atoms with Gasteiger partial charge in [-0.2, -0.15) is 0 Å². The van der Waals surface area contributed by atoms with Crippen LogP contribution in [-0.4, -0.2) is 35.9 Å². The number of carbonyl (C=O) groups is 1. The number of hydrogen-bond donors (Lipinski definition) is 1. The first-order chi connectivity index (χ1) is 13.0. The number of nitrogens with zero attached hydrogens (tertiary/aromatic N) is 2. The molecule has 0 atom stereocenters. The molecule has 0 radical (unpaired) electrons. The van der Waals surface area contributed by atoms with E-state index >= 15 is 0 Å². The number of aromatic nitrogens is 2. The first-order valence-corrected chi connectivity index (χ1v) is 10.00. The van der Waals surface area contributed by atoms with Crippen molar-refractivity contribution in [1.29, 1.82) is 0 Å². The lowest BCUT2D eigenvalue weighted by molar-refractivity contribution is 0.102. The van der Waals surface area contributed by atoms with Gasteiger partial charge in [0.05, 0.1) is 19.8 Å². The molecule has 1 heterocycles. The predicted molar refractivity (Wildman–Crippen MR) is 106 cm³/mol. The fourth-order valence-corrected chi connectivity index (χ4v) is 3.37. The van der Waals surface area contributed by atoms with E-state index < -0.39 is 0 Å². The topological polar surface area (TPSA) is 82.6 Å². The van der Waals surface area contributed by atoms with Crippen LogP contribution in [0.25, 0.3) is 0 Å². The van der Waals surface area contributed by atoms with Crippen LogP contribution < -0.4 is 19.5 Å². The number of ether oxygens (including phenoxy) is 3. The van der Waals surface area contributed by atoms with E-state index in [0.29, 0.717) is 53.7 Å². The molecule has 1 aromatic heterocycles. The first-order valence-electron chi connectivity index (χ1n) is 9.18. The largest absolute Gasteiger partial charge is 0.490 e. The average molecular weight is 394 g/mol. The van der Waals surface area contributed by atoms with Crippen LogP contribution in [0.2, 0.25) is 0 Å². The number of rotatable bonds is 10. The van der Waals surface area contributed by atoms with Crippen molar-refractivity contribution >= 4 is 22.4 Å². The van der Waals surface area contributed by atoms with Gasteiger partial charge in [-0.1, -0.05) is 25.2 Å². The molecule has 0 aliphatic heterocycles. The molecule has 27 heavy (non-hydrogen) atoms. The molecule has 8 heteroatoms. The Morgan fingerprint density at radius 3 is 2.15 bits per heavy atom. The predicted octanol–water partition coefficient (Wildman–Crippen LogP) is 4.19. The lowest BCUT2D eigenvalue weighted by atomic mass is 10.1. The Morgan fingerprint density at radius 1 is 1.04 bits per heavy atom. The highest BCUT2D eigenvalue weighted by atomic mass is 32.1. The average Bonchev–Trinajstić information content (AvgIpc) is 3.04. The van der Waals surface area contributed by atoms with E-state index in [1.807, 2.05) is 20.8 Å². The summed E-state index contributed by atoms with van der Waals surface area (Å²) in [6.45, 7) is 11.2. The molecular formula is C19H27N3O4S. The number of hydrogen-bond acceptors (Lipinski definition) is 7. The van der Waals surface area contributed by atoms with Gasteiger partial charge < -0.3 is 14.2 Å². The van der Waals surface area contributed by atoms with E-state index in [9.17, 15) is 4.79 Å². The molecule has 7 nitrogen and oxygen atoms in total. The summed E-state index contributed by atoms with van der Waals surface area (Å²) in [4.78, 5) is 12.7. The van der Waals surface area contributed by atoms with Crippen LogP contribution in [0, 0.1) is 5.92 Å². The summed E-state index contributed by atoms with van der Waals surface area (Å²) in [6, 6.07) is 3.31. The molecule has 148 valence electrons. The Hall–Kier alpha value is -2.35. The summed E-state index contributed by atoms with van der Waals surface area (Å²) in [5.41, 5.74) is 0.408. The Kier molecular flexibility index (Phi) is 7.84. The van der Waals surface area contributed by atoms with Crippen LogP contribution in [0.3, 0.4) is 0 Å². The molecule has 0 saturated heterocycles. The third-order valence-corrected chi connectivity index (χ3v) is 4.30. The highest BCUT2D eigenvalue weighted by molar-refractivity contribution is 7.15. The quantitative estimate of drug-likeness (QED) is 0.652. The summed E-state index contributed by atoms with van der Waals surface area (Å²) in [7, 11) is 0. The minimum atomic E-state index is -0.299. The van der Waals surface area contributed by atoms with Gasteiger partial charge in [0.1, 0.15) is 5.01 Å². The van der Waals surface area contributed by atoms with Crippen LogP contribution in [0.15, 0.2) is 12.1 Å². The van der Waals surface area contributed by atoms with E-state index in [1.165, 1.54) is 11.3 Å².